The van der Waals surface area contributed by atoms with Gasteiger partial charge in [0.25, 0.3) is 0 Å². The maximum Gasteiger partial charge on any atom is 0.239 e. The van der Waals surface area contributed by atoms with Crippen molar-refractivity contribution in [1.82, 2.24) is 5.32 Å². The van der Waals surface area contributed by atoms with Crippen LogP contribution in [0.15, 0.2) is 18.2 Å². The zero-order valence-corrected chi connectivity index (χ0v) is 12.5. The van der Waals surface area contributed by atoms with Gasteiger partial charge in [-0.25, -0.2) is 0 Å². The lowest BCUT2D eigenvalue weighted by Crippen LogP contribution is -2.45. The highest BCUT2D eigenvalue weighted by Gasteiger charge is 2.17. The SMILES string of the molecule is CCC(C)(C)NC(=O)CNc1cc(C)ccc1OC. The van der Waals surface area contributed by atoms with E-state index in [2.05, 4.69) is 17.6 Å². The number of hydrogen-bond donors (Lipinski definition) is 2. The van der Waals surface area contributed by atoms with Crippen molar-refractivity contribution >= 4 is 11.6 Å². The number of anilines is 1. The standard InChI is InChI=1S/C15H24N2O2/c1-6-15(3,4)17-14(18)10-16-12-9-11(2)7-8-13(12)19-5/h7-9,16H,6,10H2,1-5H3,(H,17,18). The topological polar surface area (TPSA) is 50.4 Å². The summed E-state index contributed by atoms with van der Waals surface area (Å²) in [4.78, 5) is 11.9. The average Bonchev–Trinajstić information content (AvgIpc) is 2.36. The van der Waals surface area contributed by atoms with Gasteiger partial charge in [-0.3, -0.25) is 4.79 Å². The molecule has 0 fully saturated rings. The van der Waals surface area contributed by atoms with Crippen LogP contribution in [0.25, 0.3) is 0 Å². The third kappa shape index (κ3) is 4.81. The Labute approximate surface area is 115 Å². The summed E-state index contributed by atoms with van der Waals surface area (Å²) in [7, 11) is 1.62. The fraction of sp³-hybridized carbons (Fsp3) is 0.533. The summed E-state index contributed by atoms with van der Waals surface area (Å²) in [6.45, 7) is 8.32. The number of ether oxygens (including phenoxy) is 1. The van der Waals surface area contributed by atoms with Crippen LogP contribution in [0.4, 0.5) is 5.69 Å². The van der Waals surface area contributed by atoms with Crippen LogP contribution in [0.1, 0.15) is 32.8 Å². The van der Waals surface area contributed by atoms with Crippen LogP contribution in [-0.4, -0.2) is 25.1 Å². The molecule has 0 radical (unpaired) electrons. The van der Waals surface area contributed by atoms with Crippen molar-refractivity contribution in [3.8, 4) is 5.75 Å². The quantitative estimate of drug-likeness (QED) is 0.830. The van der Waals surface area contributed by atoms with Crippen LogP contribution in [0.5, 0.6) is 5.75 Å². The Bertz CT molecular complexity index is 442. The van der Waals surface area contributed by atoms with Gasteiger partial charge in [0.1, 0.15) is 5.75 Å². The van der Waals surface area contributed by atoms with Crippen LogP contribution in [0.2, 0.25) is 0 Å². The van der Waals surface area contributed by atoms with E-state index >= 15 is 0 Å². The maximum absolute atomic E-state index is 11.9. The molecular weight excluding hydrogens is 240 g/mol. The number of aryl methyl sites for hydroxylation is 1. The first kappa shape index (κ1) is 15.3. The highest BCUT2D eigenvalue weighted by Crippen LogP contribution is 2.24. The zero-order chi connectivity index (χ0) is 14.5. The lowest BCUT2D eigenvalue weighted by molar-refractivity contribution is -0.121. The van der Waals surface area contributed by atoms with E-state index in [0.717, 1.165) is 23.4 Å². The largest absolute Gasteiger partial charge is 0.495 e. The van der Waals surface area contributed by atoms with Crippen molar-refractivity contribution in [2.75, 3.05) is 19.0 Å². The van der Waals surface area contributed by atoms with Gasteiger partial charge >= 0.3 is 0 Å². The predicted octanol–water partition coefficient (Wildman–Crippen LogP) is 2.72. The molecule has 0 spiro atoms. The van der Waals surface area contributed by atoms with E-state index in [1.807, 2.05) is 39.0 Å². The summed E-state index contributed by atoms with van der Waals surface area (Å²) in [5.74, 6) is 0.726. The zero-order valence-electron chi connectivity index (χ0n) is 12.5. The maximum atomic E-state index is 11.9. The van der Waals surface area contributed by atoms with Gasteiger partial charge in [-0.1, -0.05) is 13.0 Å². The molecule has 4 nitrogen and oxygen atoms in total. The highest BCUT2D eigenvalue weighted by molar-refractivity contribution is 5.82. The molecule has 0 saturated carbocycles. The van der Waals surface area contributed by atoms with E-state index in [9.17, 15) is 4.79 Å². The van der Waals surface area contributed by atoms with Gasteiger partial charge in [-0.05, 0) is 44.9 Å². The van der Waals surface area contributed by atoms with Gasteiger partial charge in [0, 0.05) is 5.54 Å². The van der Waals surface area contributed by atoms with Crippen molar-refractivity contribution < 1.29 is 9.53 Å². The molecule has 1 rings (SSSR count). The summed E-state index contributed by atoms with van der Waals surface area (Å²) in [6.07, 6.45) is 0.895. The third-order valence-electron chi connectivity index (χ3n) is 3.16. The third-order valence-corrected chi connectivity index (χ3v) is 3.16. The monoisotopic (exact) mass is 264 g/mol. The van der Waals surface area contributed by atoms with Gasteiger partial charge in [0.15, 0.2) is 0 Å². The van der Waals surface area contributed by atoms with E-state index in [4.69, 9.17) is 4.74 Å². The van der Waals surface area contributed by atoms with E-state index in [1.54, 1.807) is 7.11 Å². The molecule has 0 aliphatic rings. The number of carbonyl (C=O) groups excluding carboxylic acids is 1. The first-order valence-electron chi connectivity index (χ1n) is 6.57. The lowest BCUT2D eigenvalue weighted by Gasteiger charge is -2.24. The van der Waals surface area contributed by atoms with Crippen LogP contribution < -0.4 is 15.4 Å². The Morgan fingerprint density at radius 1 is 1.37 bits per heavy atom. The van der Waals surface area contributed by atoms with Crippen molar-refractivity contribution in [1.29, 1.82) is 0 Å². The molecule has 1 amide bonds. The fourth-order valence-corrected chi connectivity index (χ4v) is 1.65. The van der Waals surface area contributed by atoms with Crippen molar-refractivity contribution in [3.63, 3.8) is 0 Å². The Balaban J connectivity index is 2.62. The number of benzene rings is 1. The summed E-state index contributed by atoms with van der Waals surface area (Å²) in [5, 5.41) is 6.10. The first-order valence-corrected chi connectivity index (χ1v) is 6.57. The van der Waals surface area contributed by atoms with Crippen molar-refractivity contribution in [3.05, 3.63) is 23.8 Å². The minimum Gasteiger partial charge on any atom is -0.495 e. The number of nitrogens with one attached hydrogen (secondary N) is 2. The molecule has 1 aromatic rings. The van der Waals surface area contributed by atoms with Crippen molar-refractivity contribution in [2.45, 2.75) is 39.7 Å². The number of hydrogen-bond acceptors (Lipinski definition) is 3. The number of carbonyl (C=O) groups is 1. The van der Waals surface area contributed by atoms with E-state index < -0.39 is 0 Å². The predicted molar refractivity (Wildman–Crippen MR) is 78.7 cm³/mol. The summed E-state index contributed by atoms with van der Waals surface area (Å²) >= 11 is 0. The normalized spacial score (nSPS) is 11.0. The molecule has 106 valence electrons. The molecule has 0 unspecified atom stereocenters. The first-order chi connectivity index (χ1) is 8.88. The van der Waals surface area contributed by atoms with E-state index in [-0.39, 0.29) is 18.0 Å². The Hall–Kier alpha value is -1.71. The van der Waals surface area contributed by atoms with E-state index in [1.165, 1.54) is 0 Å². The Morgan fingerprint density at radius 2 is 2.05 bits per heavy atom. The molecule has 0 aliphatic heterocycles. The molecule has 1 aromatic carbocycles. The lowest BCUT2D eigenvalue weighted by atomic mass is 10.0. The molecule has 2 N–H and O–H groups in total. The second-order valence-electron chi connectivity index (χ2n) is 5.34. The molecule has 0 saturated heterocycles. The summed E-state index contributed by atoms with van der Waals surface area (Å²) in [6, 6.07) is 5.84. The fourth-order valence-electron chi connectivity index (χ4n) is 1.65. The van der Waals surface area contributed by atoms with Gasteiger partial charge in [0.05, 0.1) is 19.3 Å². The van der Waals surface area contributed by atoms with Crippen molar-refractivity contribution in [2.24, 2.45) is 0 Å². The summed E-state index contributed by atoms with van der Waals surface area (Å²) in [5.41, 5.74) is 1.79. The number of methoxy groups -OCH3 is 1. The van der Waals surface area contributed by atoms with Gasteiger partial charge < -0.3 is 15.4 Å². The molecular formula is C15H24N2O2. The molecule has 0 heterocycles. The molecule has 0 aromatic heterocycles. The molecule has 19 heavy (non-hydrogen) atoms. The Morgan fingerprint density at radius 3 is 2.63 bits per heavy atom. The van der Waals surface area contributed by atoms with Gasteiger partial charge in [0.2, 0.25) is 5.91 Å². The minimum atomic E-state index is -0.171. The van der Waals surface area contributed by atoms with Gasteiger partial charge in [-0.2, -0.15) is 0 Å². The second-order valence-corrected chi connectivity index (χ2v) is 5.34. The number of amides is 1. The average molecular weight is 264 g/mol. The summed E-state index contributed by atoms with van der Waals surface area (Å²) < 4.78 is 5.26. The van der Waals surface area contributed by atoms with Crippen LogP contribution in [-0.2, 0) is 4.79 Å². The van der Waals surface area contributed by atoms with Gasteiger partial charge in [-0.15, -0.1) is 0 Å². The second kappa shape index (κ2) is 6.45. The van der Waals surface area contributed by atoms with Crippen LogP contribution in [0.3, 0.4) is 0 Å². The minimum absolute atomic E-state index is 0.0181. The van der Waals surface area contributed by atoms with E-state index in [0.29, 0.717) is 0 Å². The molecule has 0 atom stereocenters. The van der Waals surface area contributed by atoms with Crippen LogP contribution in [0, 0.1) is 6.92 Å². The number of rotatable bonds is 6. The molecule has 0 aliphatic carbocycles. The molecule has 4 heteroatoms. The smallest absolute Gasteiger partial charge is 0.239 e. The highest BCUT2D eigenvalue weighted by atomic mass is 16.5. The Kier molecular flexibility index (Phi) is 5.21. The van der Waals surface area contributed by atoms with Crippen LogP contribution >= 0.6 is 0 Å². The molecule has 0 bridgehead atoms.